The van der Waals surface area contributed by atoms with Gasteiger partial charge in [0.1, 0.15) is 5.76 Å². The number of alkyl halides is 3. The minimum Gasteiger partial charge on any atom is -0.481 e. The Balaban J connectivity index is 2.24. The summed E-state index contributed by atoms with van der Waals surface area (Å²) < 4.78 is 51.0. The van der Waals surface area contributed by atoms with Crippen LogP contribution in [0.4, 0.5) is 18.0 Å². The summed E-state index contributed by atoms with van der Waals surface area (Å²) in [6.07, 6.45) is -5.70. The number of hydrogen-bond acceptors (Lipinski definition) is 5. The lowest BCUT2D eigenvalue weighted by Crippen LogP contribution is -2.31. The molecule has 26 heavy (non-hydrogen) atoms. The van der Waals surface area contributed by atoms with Crippen LogP contribution in [-0.2, 0) is 15.7 Å². The molecule has 1 amide bonds. The molecule has 9 heteroatoms. The second-order valence-electron chi connectivity index (χ2n) is 5.77. The Bertz CT molecular complexity index is 856. The maximum absolute atomic E-state index is 13.6. The number of amides is 1. The van der Waals surface area contributed by atoms with Crippen molar-refractivity contribution in [3.8, 4) is 0 Å². The number of nitrogens with two attached hydrogens (primary N) is 1. The Morgan fingerprint density at radius 3 is 2.65 bits per heavy atom. The van der Waals surface area contributed by atoms with Crippen molar-refractivity contribution in [3.63, 3.8) is 0 Å². The molecule has 6 nitrogen and oxygen atoms in total. The number of aliphatic imine (C=N–C) groups is 1. The minimum atomic E-state index is -4.59. The van der Waals surface area contributed by atoms with Crippen LogP contribution in [0.3, 0.4) is 0 Å². The number of rotatable bonds is 2. The summed E-state index contributed by atoms with van der Waals surface area (Å²) >= 11 is 0. The second-order valence-corrected chi connectivity index (χ2v) is 5.77. The normalized spacial score (nSPS) is 19.7. The van der Waals surface area contributed by atoms with Gasteiger partial charge in [-0.1, -0.05) is 18.2 Å². The number of primary amides is 1. The molecule has 0 saturated heterocycles. The summed E-state index contributed by atoms with van der Waals surface area (Å²) in [5.74, 6) is -0.857. The van der Waals surface area contributed by atoms with Gasteiger partial charge < -0.3 is 20.5 Å². The first-order valence-electron chi connectivity index (χ1n) is 7.67. The van der Waals surface area contributed by atoms with E-state index in [1.165, 1.54) is 25.3 Å². The van der Waals surface area contributed by atoms with E-state index in [1.54, 1.807) is 6.92 Å². The second kappa shape index (κ2) is 6.40. The molecule has 0 fully saturated rings. The van der Waals surface area contributed by atoms with Crippen molar-refractivity contribution < 1.29 is 27.4 Å². The van der Waals surface area contributed by atoms with Crippen molar-refractivity contribution in [1.29, 1.82) is 0 Å². The van der Waals surface area contributed by atoms with Gasteiger partial charge in [0.25, 0.3) is 0 Å². The molecule has 1 aromatic carbocycles. The average Bonchev–Trinajstić information content (AvgIpc) is 2.96. The van der Waals surface area contributed by atoms with Crippen LogP contribution in [0.25, 0.3) is 0 Å². The molecule has 1 unspecified atom stereocenters. The third-order valence-corrected chi connectivity index (χ3v) is 4.18. The molecule has 3 rings (SSSR count). The number of nitrogens with one attached hydrogen (secondary N) is 1. The number of hydrogen-bond donors (Lipinski definition) is 2. The highest BCUT2D eigenvalue weighted by molar-refractivity contribution is 5.99. The van der Waals surface area contributed by atoms with E-state index in [2.05, 4.69) is 10.3 Å². The number of allylic oxidation sites excluding steroid dienone is 2. The third kappa shape index (κ3) is 3.00. The van der Waals surface area contributed by atoms with Crippen LogP contribution >= 0.6 is 0 Å². The van der Waals surface area contributed by atoms with E-state index in [0.29, 0.717) is 17.0 Å². The SMILES string of the molecule is COC1=NCC2=C1C(c1ccccc1C(F)(F)F)C(OC(N)=O)=C(C)N2. The van der Waals surface area contributed by atoms with Gasteiger partial charge in [0.2, 0.25) is 5.90 Å². The van der Waals surface area contributed by atoms with Gasteiger partial charge in [0.15, 0.2) is 0 Å². The van der Waals surface area contributed by atoms with Crippen molar-refractivity contribution in [2.24, 2.45) is 10.7 Å². The van der Waals surface area contributed by atoms with E-state index in [9.17, 15) is 18.0 Å². The van der Waals surface area contributed by atoms with Crippen molar-refractivity contribution in [2.45, 2.75) is 19.0 Å². The average molecular weight is 367 g/mol. The number of carbonyl (C=O) groups is 1. The van der Waals surface area contributed by atoms with Crippen molar-refractivity contribution in [3.05, 3.63) is 58.1 Å². The molecule has 3 N–H and O–H groups in total. The molecule has 2 heterocycles. The molecule has 0 spiro atoms. The van der Waals surface area contributed by atoms with Gasteiger partial charge in [-0.05, 0) is 18.6 Å². The Labute approximate surface area is 147 Å². The van der Waals surface area contributed by atoms with Gasteiger partial charge in [-0.3, -0.25) is 0 Å². The zero-order valence-corrected chi connectivity index (χ0v) is 14.0. The maximum Gasteiger partial charge on any atom is 0.416 e. The van der Waals surface area contributed by atoms with Crippen molar-refractivity contribution in [1.82, 2.24) is 5.32 Å². The van der Waals surface area contributed by atoms with Crippen LogP contribution in [0.15, 0.2) is 52.0 Å². The number of methoxy groups -OCH3 is 1. The molecular weight excluding hydrogens is 351 g/mol. The van der Waals surface area contributed by atoms with Crippen LogP contribution in [0.2, 0.25) is 0 Å². The van der Waals surface area contributed by atoms with Crippen LogP contribution in [-0.4, -0.2) is 25.6 Å². The van der Waals surface area contributed by atoms with E-state index < -0.39 is 23.8 Å². The van der Waals surface area contributed by atoms with Crippen LogP contribution in [0.5, 0.6) is 0 Å². The van der Waals surface area contributed by atoms with Crippen molar-refractivity contribution in [2.75, 3.05) is 13.7 Å². The molecule has 0 aromatic heterocycles. The van der Waals surface area contributed by atoms with Crippen LogP contribution in [0, 0.1) is 0 Å². The smallest absolute Gasteiger partial charge is 0.416 e. The van der Waals surface area contributed by atoms with Gasteiger partial charge in [-0.2, -0.15) is 13.2 Å². The first kappa shape index (κ1) is 17.8. The van der Waals surface area contributed by atoms with E-state index in [4.69, 9.17) is 15.2 Å². The molecule has 0 aliphatic carbocycles. The summed E-state index contributed by atoms with van der Waals surface area (Å²) in [4.78, 5) is 15.5. The number of benzene rings is 1. The summed E-state index contributed by atoms with van der Waals surface area (Å²) in [5, 5.41) is 3.01. The molecule has 0 saturated carbocycles. The maximum atomic E-state index is 13.6. The topological polar surface area (TPSA) is 85.9 Å². The van der Waals surface area contributed by atoms with Crippen LogP contribution in [0.1, 0.15) is 24.0 Å². The Kier molecular flexibility index (Phi) is 4.39. The van der Waals surface area contributed by atoms with Crippen molar-refractivity contribution >= 4 is 12.0 Å². The van der Waals surface area contributed by atoms with Crippen LogP contribution < -0.4 is 11.1 Å². The largest absolute Gasteiger partial charge is 0.481 e. The van der Waals surface area contributed by atoms with Gasteiger partial charge in [-0.15, -0.1) is 0 Å². The molecule has 0 radical (unpaired) electrons. The molecule has 2 aliphatic heterocycles. The highest BCUT2D eigenvalue weighted by Gasteiger charge is 2.43. The van der Waals surface area contributed by atoms with E-state index in [-0.39, 0.29) is 23.8 Å². The molecule has 2 aliphatic rings. The Hall–Kier alpha value is -2.97. The fourth-order valence-electron chi connectivity index (χ4n) is 3.21. The number of carbonyl (C=O) groups excluding carboxylic acids is 1. The monoisotopic (exact) mass is 367 g/mol. The Morgan fingerprint density at radius 1 is 1.35 bits per heavy atom. The van der Waals surface area contributed by atoms with Gasteiger partial charge in [-0.25, -0.2) is 9.79 Å². The number of halogens is 3. The molecular formula is C17H16F3N3O3. The number of ether oxygens (including phenoxy) is 2. The fraction of sp³-hybridized carbons (Fsp3) is 0.294. The highest BCUT2D eigenvalue weighted by atomic mass is 19.4. The first-order chi connectivity index (χ1) is 12.2. The lowest BCUT2D eigenvalue weighted by molar-refractivity contribution is -0.138. The summed E-state index contributed by atoms with van der Waals surface area (Å²) in [7, 11) is 1.38. The molecule has 138 valence electrons. The summed E-state index contributed by atoms with van der Waals surface area (Å²) in [5.41, 5.74) is 5.60. The standard InChI is InChI=1S/C17H16F3N3O3/c1-8-14(26-16(21)24)12(13-11(23-8)7-22-15(13)25-2)9-5-3-4-6-10(9)17(18,19)20/h3-6,12,23H,7H2,1-2H3,(H2,21,24). The highest BCUT2D eigenvalue weighted by Crippen LogP contribution is 2.45. The lowest BCUT2D eigenvalue weighted by Gasteiger charge is -2.30. The fourth-order valence-corrected chi connectivity index (χ4v) is 3.21. The summed E-state index contributed by atoms with van der Waals surface area (Å²) in [6, 6.07) is 5.11. The molecule has 1 atom stereocenters. The van der Waals surface area contributed by atoms with Gasteiger partial charge in [0.05, 0.1) is 36.4 Å². The molecule has 1 aromatic rings. The van der Waals surface area contributed by atoms with E-state index in [0.717, 1.165) is 6.07 Å². The number of nitrogens with zero attached hydrogens (tertiary/aromatic N) is 1. The zero-order chi connectivity index (χ0) is 19.1. The predicted octanol–water partition coefficient (Wildman–Crippen LogP) is 3.03. The minimum absolute atomic E-state index is 0.0143. The summed E-state index contributed by atoms with van der Waals surface area (Å²) in [6.45, 7) is 1.82. The van der Waals surface area contributed by atoms with Gasteiger partial charge in [0, 0.05) is 5.70 Å². The first-order valence-corrected chi connectivity index (χ1v) is 7.67. The predicted molar refractivity (Wildman–Crippen MR) is 87.0 cm³/mol. The third-order valence-electron chi connectivity index (χ3n) is 4.18. The molecule has 0 bridgehead atoms. The lowest BCUT2D eigenvalue weighted by atomic mass is 9.83. The van der Waals surface area contributed by atoms with E-state index in [1.807, 2.05) is 0 Å². The Morgan fingerprint density at radius 2 is 2.04 bits per heavy atom. The van der Waals surface area contributed by atoms with Gasteiger partial charge >= 0.3 is 12.3 Å². The van der Waals surface area contributed by atoms with E-state index >= 15 is 0 Å². The zero-order valence-electron chi connectivity index (χ0n) is 14.0. The quantitative estimate of drug-likeness (QED) is 0.841. The number of dihydropyridines is 1.